The van der Waals surface area contributed by atoms with Crippen LogP contribution in [0.15, 0.2) is 34.5 Å². The number of nitrogens with zero attached hydrogens (tertiary/aromatic N) is 1. The second-order valence-corrected chi connectivity index (χ2v) is 7.84. The highest BCUT2D eigenvalue weighted by Gasteiger charge is 2.31. The smallest absolute Gasteiger partial charge is 0.265 e. The third-order valence-electron chi connectivity index (χ3n) is 3.15. The highest BCUT2D eigenvalue weighted by molar-refractivity contribution is 7.94. The lowest BCUT2D eigenvalue weighted by atomic mass is 10.2. The van der Waals surface area contributed by atoms with Gasteiger partial charge in [-0.15, -0.1) is 11.3 Å². The molecule has 0 N–H and O–H groups in total. The van der Waals surface area contributed by atoms with Crippen LogP contribution in [0.3, 0.4) is 0 Å². The summed E-state index contributed by atoms with van der Waals surface area (Å²) in [4.78, 5) is 0.956. The lowest BCUT2D eigenvalue weighted by Crippen LogP contribution is -2.28. The number of fused-ring (bicyclic) bond motifs is 1. The van der Waals surface area contributed by atoms with Gasteiger partial charge in [0.05, 0.1) is 5.69 Å². The number of hydrogen-bond donors (Lipinski definition) is 0. The Morgan fingerprint density at radius 1 is 1.26 bits per heavy atom. The van der Waals surface area contributed by atoms with Crippen molar-refractivity contribution in [3.05, 3.63) is 46.6 Å². The quantitative estimate of drug-likeness (QED) is 0.854. The van der Waals surface area contributed by atoms with E-state index in [1.807, 2.05) is 6.92 Å². The monoisotopic (exact) mass is 297 g/mol. The van der Waals surface area contributed by atoms with Crippen LogP contribution in [-0.2, 0) is 16.4 Å². The van der Waals surface area contributed by atoms with Gasteiger partial charge in [0.1, 0.15) is 10.0 Å². The van der Waals surface area contributed by atoms with Gasteiger partial charge in [-0.2, -0.15) is 0 Å². The summed E-state index contributed by atoms with van der Waals surface area (Å²) in [6, 6.07) is 7.66. The normalized spacial score (nSPS) is 14.7. The van der Waals surface area contributed by atoms with Crippen LogP contribution in [0, 0.1) is 12.7 Å². The van der Waals surface area contributed by atoms with Crippen LogP contribution in [0.1, 0.15) is 10.4 Å². The predicted molar refractivity (Wildman–Crippen MR) is 73.7 cm³/mol. The number of thiophene rings is 1. The Bertz CT molecular complexity index is 737. The molecule has 3 nitrogen and oxygen atoms in total. The maximum absolute atomic E-state index is 13.1. The van der Waals surface area contributed by atoms with Crippen molar-refractivity contribution < 1.29 is 12.8 Å². The van der Waals surface area contributed by atoms with Gasteiger partial charge in [0.25, 0.3) is 10.0 Å². The van der Waals surface area contributed by atoms with Crippen LogP contribution in [0.4, 0.5) is 10.1 Å². The molecule has 1 aromatic carbocycles. The van der Waals surface area contributed by atoms with Crippen molar-refractivity contribution in [3.8, 4) is 0 Å². The Hall–Kier alpha value is -1.40. The average Bonchev–Trinajstić information content (AvgIpc) is 2.95. The van der Waals surface area contributed by atoms with Crippen molar-refractivity contribution in [2.24, 2.45) is 0 Å². The van der Waals surface area contributed by atoms with Crippen LogP contribution in [0.5, 0.6) is 0 Å². The molecule has 0 saturated heterocycles. The van der Waals surface area contributed by atoms with Gasteiger partial charge in [0.15, 0.2) is 0 Å². The largest absolute Gasteiger partial charge is 0.273 e. The summed E-state index contributed by atoms with van der Waals surface area (Å²) < 4.78 is 39.9. The predicted octanol–water partition coefficient (Wildman–Crippen LogP) is 2.95. The average molecular weight is 297 g/mol. The van der Waals surface area contributed by atoms with E-state index in [1.54, 1.807) is 12.1 Å². The van der Waals surface area contributed by atoms with E-state index in [9.17, 15) is 12.8 Å². The molecule has 0 amide bonds. The summed E-state index contributed by atoms with van der Waals surface area (Å²) in [5.74, 6) is -0.329. The summed E-state index contributed by atoms with van der Waals surface area (Å²) in [5.41, 5.74) is 1.34. The first-order valence-corrected chi connectivity index (χ1v) is 8.12. The molecule has 0 atom stereocenters. The molecule has 19 heavy (non-hydrogen) atoms. The minimum absolute atomic E-state index is 0.329. The number of hydrogen-bond acceptors (Lipinski definition) is 3. The number of rotatable bonds is 2. The van der Waals surface area contributed by atoms with Crippen molar-refractivity contribution in [2.75, 3.05) is 10.8 Å². The van der Waals surface area contributed by atoms with E-state index in [2.05, 4.69) is 0 Å². The summed E-state index contributed by atoms with van der Waals surface area (Å²) in [6.45, 7) is 2.25. The standard InChI is InChI=1S/C13H12FNO2S2/c1-9-2-5-13(18-9)19(16,17)15-7-6-10-8-11(14)3-4-12(10)15/h2-5,8H,6-7H2,1H3. The Balaban J connectivity index is 2.06. The lowest BCUT2D eigenvalue weighted by molar-refractivity contribution is 0.594. The molecule has 0 bridgehead atoms. The van der Waals surface area contributed by atoms with Gasteiger partial charge in [-0.3, -0.25) is 4.31 Å². The van der Waals surface area contributed by atoms with Crippen molar-refractivity contribution in [1.29, 1.82) is 0 Å². The van der Waals surface area contributed by atoms with Crippen molar-refractivity contribution in [2.45, 2.75) is 17.6 Å². The third kappa shape index (κ3) is 2.04. The fraction of sp³-hybridized carbons (Fsp3) is 0.231. The number of sulfonamides is 1. The van der Waals surface area contributed by atoms with Crippen LogP contribution in [0.25, 0.3) is 0 Å². The van der Waals surface area contributed by atoms with Crippen molar-refractivity contribution in [1.82, 2.24) is 0 Å². The minimum Gasteiger partial charge on any atom is -0.265 e. The summed E-state index contributed by atoms with van der Waals surface area (Å²) in [7, 11) is -3.51. The van der Waals surface area contributed by atoms with Crippen LogP contribution < -0.4 is 4.31 Å². The molecule has 1 aliphatic rings. The van der Waals surface area contributed by atoms with Crippen LogP contribution in [-0.4, -0.2) is 15.0 Å². The molecule has 0 fully saturated rings. The van der Waals surface area contributed by atoms with Crippen molar-refractivity contribution in [3.63, 3.8) is 0 Å². The minimum atomic E-state index is -3.51. The Kier molecular flexibility index (Phi) is 2.87. The Morgan fingerprint density at radius 3 is 2.74 bits per heavy atom. The molecular weight excluding hydrogens is 285 g/mol. The molecule has 1 aromatic heterocycles. The van der Waals surface area contributed by atoms with Crippen molar-refractivity contribution >= 4 is 27.0 Å². The number of benzene rings is 1. The molecule has 100 valence electrons. The maximum atomic E-state index is 13.1. The van der Waals surface area contributed by atoms with E-state index < -0.39 is 10.0 Å². The fourth-order valence-corrected chi connectivity index (χ4v) is 5.15. The maximum Gasteiger partial charge on any atom is 0.273 e. The molecule has 0 saturated carbocycles. The first-order valence-electron chi connectivity index (χ1n) is 5.86. The molecule has 0 aliphatic carbocycles. The molecule has 6 heteroatoms. The number of aryl methyl sites for hydroxylation is 1. The lowest BCUT2D eigenvalue weighted by Gasteiger charge is -2.18. The Labute approximate surface area is 115 Å². The van der Waals surface area contributed by atoms with E-state index in [1.165, 1.54) is 33.8 Å². The van der Waals surface area contributed by atoms with E-state index in [4.69, 9.17) is 0 Å². The number of halogens is 1. The molecule has 0 unspecified atom stereocenters. The van der Waals surface area contributed by atoms with Gasteiger partial charge in [0, 0.05) is 11.4 Å². The molecular formula is C13H12FNO2S2. The molecule has 1 aliphatic heterocycles. The van der Waals surface area contributed by atoms with E-state index in [-0.39, 0.29) is 5.82 Å². The van der Waals surface area contributed by atoms with E-state index >= 15 is 0 Å². The van der Waals surface area contributed by atoms with Gasteiger partial charge in [0.2, 0.25) is 0 Å². The summed E-state index contributed by atoms with van der Waals surface area (Å²) in [5, 5.41) is 0. The zero-order valence-electron chi connectivity index (χ0n) is 10.3. The topological polar surface area (TPSA) is 37.4 Å². The van der Waals surface area contributed by atoms with Gasteiger partial charge < -0.3 is 0 Å². The first-order chi connectivity index (χ1) is 8.98. The zero-order valence-corrected chi connectivity index (χ0v) is 11.9. The van der Waals surface area contributed by atoms with E-state index in [0.29, 0.717) is 22.9 Å². The molecule has 2 heterocycles. The summed E-state index contributed by atoms with van der Waals surface area (Å²) in [6.07, 6.45) is 0.552. The number of anilines is 1. The molecule has 0 radical (unpaired) electrons. The third-order valence-corrected chi connectivity index (χ3v) is 6.44. The summed E-state index contributed by atoms with van der Waals surface area (Å²) >= 11 is 1.26. The molecule has 3 rings (SSSR count). The second kappa shape index (κ2) is 4.31. The van der Waals surface area contributed by atoms with Gasteiger partial charge in [-0.1, -0.05) is 0 Å². The van der Waals surface area contributed by atoms with Gasteiger partial charge >= 0.3 is 0 Å². The first kappa shape index (κ1) is 12.6. The van der Waals surface area contributed by atoms with Gasteiger partial charge in [-0.25, -0.2) is 12.8 Å². The van der Waals surface area contributed by atoms with Gasteiger partial charge in [-0.05, 0) is 49.2 Å². The van der Waals surface area contributed by atoms with Crippen LogP contribution >= 0.6 is 11.3 Å². The zero-order chi connectivity index (χ0) is 13.6. The molecule has 0 spiro atoms. The highest BCUT2D eigenvalue weighted by atomic mass is 32.2. The van der Waals surface area contributed by atoms with Crippen LogP contribution in [0.2, 0.25) is 0 Å². The fourth-order valence-electron chi connectivity index (χ4n) is 2.25. The highest BCUT2D eigenvalue weighted by Crippen LogP contribution is 2.35. The van der Waals surface area contributed by atoms with E-state index in [0.717, 1.165) is 10.4 Å². The Morgan fingerprint density at radius 2 is 2.05 bits per heavy atom. The SMILES string of the molecule is Cc1ccc(S(=O)(=O)N2CCc3cc(F)ccc32)s1. The molecule has 2 aromatic rings. The second-order valence-electron chi connectivity index (χ2n) is 4.47.